The molecule has 4 heteroatoms. The maximum atomic E-state index is 6.12. The number of hydrogen-bond acceptors (Lipinski definition) is 2. The minimum atomic E-state index is 0. The van der Waals surface area contributed by atoms with Crippen molar-refractivity contribution in [1.82, 2.24) is 4.98 Å². The molecule has 0 fully saturated rings. The predicted octanol–water partition coefficient (Wildman–Crippen LogP) is 5.34. The summed E-state index contributed by atoms with van der Waals surface area (Å²) in [5.74, 6) is 0.873. The molecule has 3 N–H and O–H groups in total. The number of aromatic amines is 1. The summed E-state index contributed by atoms with van der Waals surface area (Å²) in [7, 11) is 0. The SMILES string of the molecule is Cl.NCCc1c[nH]c2ccc(OCc3ccccc3-c3ccccc3)cc12. The topological polar surface area (TPSA) is 51.0 Å². The highest BCUT2D eigenvalue weighted by Gasteiger charge is 2.07. The molecule has 0 radical (unpaired) electrons. The largest absolute Gasteiger partial charge is 0.489 e. The average Bonchev–Trinajstić information content (AvgIpc) is 3.10. The Morgan fingerprint density at radius 2 is 1.63 bits per heavy atom. The number of rotatable bonds is 6. The van der Waals surface area contributed by atoms with Crippen molar-refractivity contribution in [3.8, 4) is 16.9 Å². The van der Waals surface area contributed by atoms with Crippen molar-refractivity contribution in [1.29, 1.82) is 0 Å². The summed E-state index contributed by atoms with van der Waals surface area (Å²) in [6.45, 7) is 1.18. The summed E-state index contributed by atoms with van der Waals surface area (Å²) in [6, 6.07) is 25.0. The Morgan fingerprint density at radius 3 is 2.44 bits per heavy atom. The van der Waals surface area contributed by atoms with Crippen LogP contribution in [0.3, 0.4) is 0 Å². The van der Waals surface area contributed by atoms with E-state index in [9.17, 15) is 0 Å². The summed E-state index contributed by atoms with van der Waals surface area (Å²) in [5, 5.41) is 1.18. The van der Waals surface area contributed by atoms with E-state index in [1.807, 2.05) is 18.3 Å². The molecule has 4 aromatic rings. The summed E-state index contributed by atoms with van der Waals surface area (Å²) >= 11 is 0. The molecule has 0 amide bonds. The van der Waals surface area contributed by atoms with Gasteiger partial charge in [0.1, 0.15) is 12.4 Å². The number of fused-ring (bicyclic) bond motifs is 1. The quantitative estimate of drug-likeness (QED) is 0.476. The van der Waals surface area contributed by atoms with Gasteiger partial charge in [-0.25, -0.2) is 0 Å². The summed E-state index contributed by atoms with van der Waals surface area (Å²) in [4.78, 5) is 3.29. The smallest absolute Gasteiger partial charge is 0.120 e. The first-order valence-electron chi connectivity index (χ1n) is 8.91. The van der Waals surface area contributed by atoms with Gasteiger partial charge in [0.2, 0.25) is 0 Å². The molecule has 3 aromatic carbocycles. The third-order valence-corrected chi connectivity index (χ3v) is 4.65. The molecule has 27 heavy (non-hydrogen) atoms. The van der Waals surface area contributed by atoms with Crippen LogP contribution in [0.5, 0.6) is 5.75 Å². The molecule has 3 nitrogen and oxygen atoms in total. The van der Waals surface area contributed by atoms with E-state index < -0.39 is 0 Å². The van der Waals surface area contributed by atoms with Crippen molar-refractivity contribution in [3.05, 3.63) is 90.1 Å². The molecular formula is C23H23ClN2O. The van der Waals surface area contributed by atoms with E-state index in [2.05, 4.69) is 65.6 Å². The summed E-state index contributed by atoms with van der Waals surface area (Å²) < 4.78 is 6.12. The molecule has 0 saturated heterocycles. The van der Waals surface area contributed by atoms with Gasteiger partial charge in [0.05, 0.1) is 0 Å². The summed E-state index contributed by atoms with van der Waals surface area (Å²) in [6.07, 6.45) is 2.90. The molecule has 0 aliphatic carbocycles. The zero-order chi connectivity index (χ0) is 17.8. The maximum Gasteiger partial charge on any atom is 0.120 e. The fourth-order valence-electron chi connectivity index (χ4n) is 3.32. The Morgan fingerprint density at radius 1 is 0.852 bits per heavy atom. The molecular weight excluding hydrogens is 356 g/mol. The first-order valence-corrected chi connectivity index (χ1v) is 8.91. The van der Waals surface area contributed by atoms with Crippen LogP contribution in [0.1, 0.15) is 11.1 Å². The van der Waals surface area contributed by atoms with Crippen LogP contribution in [0.2, 0.25) is 0 Å². The fourth-order valence-corrected chi connectivity index (χ4v) is 3.32. The number of nitrogens with two attached hydrogens (primary N) is 1. The second-order valence-corrected chi connectivity index (χ2v) is 6.37. The van der Waals surface area contributed by atoms with Crippen LogP contribution in [0.4, 0.5) is 0 Å². The predicted molar refractivity (Wildman–Crippen MR) is 115 cm³/mol. The Hall–Kier alpha value is -2.75. The first kappa shape index (κ1) is 19.0. The Balaban J connectivity index is 0.00000210. The number of hydrogen-bond donors (Lipinski definition) is 2. The van der Waals surface area contributed by atoms with Gasteiger partial charge in [-0.1, -0.05) is 54.6 Å². The Kier molecular flexibility index (Phi) is 6.17. The van der Waals surface area contributed by atoms with E-state index in [0.717, 1.165) is 17.7 Å². The number of benzene rings is 3. The number of H-pyrrole nitrogens is 1. The van der Waals surface area contributed by atoms with Gasteiger partial charge in [-0.3, -0.25) is 0 Å². The molecule has 0 saturated carbocycles. The van der Waals surface area contributed by atoms with E-state index in [4.69, 9.17) is 10.5 Å². The molecule has 138 valence electrons. The van der Waals surface area contributed by atoms with Gasteiger partial charge in [0.15, 0.2) is 0 Å². The number of halogens is 1. The van der Waals surface area contributed by atoms with Crippen LogP contribution in [0, 0.1) is 0 Å². The maximum absolute atomic E-state index is 6.12. The van der Waals surface area contributed by atoms with Gasteiger partial charge in [0.25, 0.3) is 0 Å². The van der Waals surface area contributed by atoms with Crippen LogP contribution in [-0.2, 0) is 13.0 Å². The normalized spacial score (nSPS) is 10.6. The van der Waals surface area contributed by atoms with E-state index >= 15 is 0 Å². The zero-order valence-corrected chi connectivity index (χ0v) is 15.8. The molecule has 4 rings (SSSR count). The van der Waals surface area contributed by atoms with Gasteiger partial charge >= 0.3 is 0 Å². The van der Waals surface area contributed by atoms with Crippen LogP contribution in [0.25, 0.3) is 22.0 Å². The van der Waals surface area contributed by atoms with Gasteiger partial charge in [-0.05, 0) is 53.4 Å². The monoisotopic (exact) mass is 378 g/mol. The van der Waals surface area contributed by atoms with Crippen LogP contribution >= 0.6 is 12.4 Å². The van der Waals surface area contributed by atoms with Crippen molar-refractivity contribution in [3.63, 3.8) is 0 Å². The highest BCUT2D eigenvalue weighted by atomic mass is 35.5. The van der Waals surface area contributed by atoms with Crippen LogP contribution < -0.4 is 10.5 Å². The van der Waals surface area contributed by atoms with Gasteiger partial charge in [-0.2, -0.15) is 0 Å². The summed E-state index contributed by atoms with van der Waals surface area (Å²) in [5.41, 5.74) is 11.7. The van der Waals surface area contributed by atoms with Crippen molar-refractivity contribution in [2.75, 3.05) is 6.54 Å². The lowest BCUT2D eigenvalue weighted by atomic mass is 10.0. The Labute approximate surface area is 165 Å². The highest BCUT2D eigenvalue weighted by Crippen LogP contribution is 2.27. The molecule has 0 aliphatic rings. The average molecular weight is 379 g/mol. The van der Waals surface area contributed by atoms with Crippen molar-refractivity contribution in [2.24, 2.45) is 5.73 Å². The molecule has 0 bridgehead atoms. The second kappa shape index (κ2) is 8.76. The fraction of sp³-hybridized carbons (Fsp3) is 0.130. The minimum Gasteiger partial charge on any atom is -0.489 e. The van der Waals surface area contributed by atoms with Gasteiger partial charge in [-0.15, -0.1) is 12.4 Å². The minimum absolute atomic E-state index is 0. The lowest BCUT2D eigenvalue weighted by Crippen LogP contribution is -2.02. The molecule has 1 aromatic heterocycles. The van der Waals surface area contributed by atoms with Crippen LogP contribution in [0.15, 0.2) is 79.0 Å². The Bertz CT molecular complexity index is 1010. The molecule has 1 heterocycles. The van der Waals surface area contributed by atoms with Gasteiger partial charge < -0.3 is 15.5 Å². The van der Waals surface area contributed by atoms with Crippen molar-refractivity contribution in [2.45, 2.75) is 13.0 Å². The third kappa shape index (κ3) is 4.16. The highest BCUT2D eigenvalue weighted by molar-refractivity contribution is 5.85. The van der Waals surface area contributed by atoms with E-state index in [1.54, 1.807) is 0 Å². The van der Waals surface area contributed by atoms with E-state index in [1.165, 1.54) is 27.6 Å². The van der Waals surface area contributed by atoms with E-state index in [0.29, 0.717) is 13.2 Å². The number of nitrogens with one attached hydrogen (secondary N) is 1. The first-order chi connectivity index (χ1) is 12.8. The number of aromatic nitrogens is 1. The lowest BCUT2D eigenvalue weighted by molar-refractivity contribution is 0.307. The standard InChI is InChI=1S/C23H22N2O.ClH/c24-13-12-18-15-25-23-11-10-20(14-22(18)23)26-16-19-8-4-5-9-21(19)17-6-2-1-3-7-17;/h1-11,14-15,25H,12-13,16,24H2;1H. The van der Waals surface area contributed by atoms with E-state index in [-0.39, 0.29) is 12.4 Å². The van der Waals surface area contributed by atoms with Gasteiger partial charge in [0, 0.05) is 17.1 Å². The van der Waals surface area contributed by atoms with Crippen molar-refractivity contribution >= 4 is 23.3 Å². The molecule has 0 aliphatic heterocycles. The molecule has 0 unspecified atom stereocenters. The molecule has 0 spiro atoms. The third-order valence-electron chi connectivity index (χ3n) is 4.65. The molecule has 0 atom stereocenters. The van der Waals surface area contributed by atoms with Crippen molar-refractivity contribution < 1.29 is 4.74 Å². The van der Waals surface area contributed by atoms with Crippen LogP contribution in [-0.4, -0.2) is 11.5 Å². The number of ether oxygens (including phenoxy) is 1. The lowest BCUT2D eigenvalue weighted by Gasteiger charge is -2.12. The second-order valence-electron chi connectivity index (χ2n) is 6.37. The zero-order valence-electron chi connectivity index (χ0n) is 15.0.